The molecule has 1 aliphatic carbocycles. The third-order valence-electron chi connectivity index (χ3n) is 3.48. The summed E-state index contributed by atoms with van der Waals surface area (Å²) < 4.78 is 2.84. The molecule has 0 saturated heterocycles. The van der Waals surface area contributed by atoms with Gasteiger partial charge in [-0.1, -0.05) is 22.4 Å². The van der Waals surface area contributed by atoms with Crippen LogP contribution in [0.25, 0.3) is 5.65 Å². The largest absolute Gasteiger partial charge is 0.329 e. The second kappa shape index (κ2) is 3.53. The minimum Gasteiger partial charge on any atom is -0.329 e. The van der Waals surface area contributed by atoms with Crippen LogP contribution >= 0.6 is 15.9 Å². The van der Waals surface area contributed by atoms with E-state index in [-0.39, 0.29) is 5.41 Å². The molecule has 0 radical (unpaired) electrons. The van der Waals surface area contributed by atoms with E-state index >= 15 is 0 Å². The van der Waals surface area contributed by atoms with E-state index in [1.807, 2.05) is 22.8 Å². The molecule has 84 valence electrons. The monoisotopic (exact) mass is 280 g/mol. The maximum absolute atomic E-state index is 5.85. The van der Waals surface area contributed by atoms with Crippen molar-refractivity contribution in [2.75, 3.05) is 6.54 Å². The zero-order valence-electron chi connectivity index (χ0n) is 8.86. The Labute approximate surface area is 102 Å². The predicted octanol–water partition coefficient (Wildman–Crippen LogP) is 1.87. The van der Waals surface area contributed by atoms with E-state index in [9.17, 15) is 0 Å². The summed E-state index contributed by atoms with van der Waals surface area (Å²) in [5, 5.41) is 4.52. The highest BCUT2D eigenvalue weighted by Gasteiger charge is 2.41. The molecule has 2 aromatic rings. The van der Waals surface area contributed by atoms with Gasteiger partial charge in [-0.3, -0.25) is 0 Å². The van der Waals surface area contributed by atoms with Gasteiger partial charge in [0, 0.05) is 22.6 Å². The van der Waals surface area contributed by atoms with Gasteiger partial charge in [0.2, 0.25) is 0 Å². The SMILES string of the molecule is NCC1(c2nc3cc(Br)ccn3n2)CCC1. The van der Waals surface area contributed by atoms with Gasteiger partial charge in [-0.2, -0.15) is 5.10 Å². The number of nitrogens with two attached hydrogens (primary N) is 1. The van der Waals surface area contributed by atoms with Crippen LogP contribution in [0.1, 0.15) is 25.1 Å². The second-order valence-electron chi connectivity index (χ2n) is 4.42. The van der Waals surface area contributed by atoms with E-state index in [1.54, 1.807) is 0 Å². The molecule has 5 heteroatoms. The van der Waals surface area contributed by atoms with E-state index in [0.717, 1.165) is 28.8 Å². The molecule has 0 unspecified atom stereocenters. The topological polar surface area (TPSA) is 56.2 Å². The van der Waals surface area contributed by atoms with Gasteiger partial charge in [-0.15, -0.1) is 0 Å². The molecule has 1 fully saturated rings. The fourth-order valence-electron chi connectivity index (χ4n) is 2.20. The first-order chi connectivity index (χ1) is 7.73. The lowest BCUT2D eigenvalue weighted by Gasteiger charge is -2.38. The number of fused-ring (bicyclic) bond motifs is 1. The number of nitrogens with zero attached hydrogens (tertiary/aromatic N) is 3. The van der Waals surface area contributed by atoms with Crippen molar-refractivity contribution < 1.29 is 0 Å². The fourth-order valence-corrected chi connectivity index (χ4v) is 2.53. The lowest BCUT2D eigenvalue weighted by molar-refractivity contribution is 0.238. The van der Waals surface area contributed by atoms with Crippen LogP contribution in [0.4, 0.5) is 0 Å². The predicted molar refractivity (Wildman–Crippen MR) is 65.3 cm³/mol. The number of halogens is 1. The van der Waals surface area contributed by atoms with Crippen LogP contribution in [-0.2, 0) is 5.41 Å². The van der Waals surface area contributed by atoms with Crippen LogP contribution in [0.5, 0.6) is 0 Å². The summed E-state index contributed by atoms with van der Waals surface area (Å²) in [5.74, 6) is 0.902. The van der Waals surface area contributed by atoms with Gasteiger partial charge in [-0.05, 0) is 25.0 Å². The molecular formula is C11H13BrN4. The van der Waals surface area contributed by atoms with E-state index in [2.05, 4.69) is 26.0 Å². The van der Waals surface area contributed by atoms with Gasteiger partial charge in [-0.25, -0.2) is 9.50 Å². The van der Waals surface area contributed by atoms with Crippen molar-refractivity contribution in [2.24, 2.45) is 5.73 Å². The highest BCUT2D eigenvalue weighted by atomic mass is 79.9. The summed E-state index contributed by atoms with van der Waals surface area (Å²) in [7, 11) is 0. The van der Waals surface area contributed by atoms with Crippen molar-refractivity contribution in [1.29, 1.82) is 0 Å². The molecule has 2 heterocycles. The van der Waals surface area contributed by atoms with Crippen molar-refractivity contribution in [2.45, 2.75) is 24.7 Å². The summed E-state index contributed by atoms with van der Waals surface area (Å²) in [6.45, 7) is 0.644. The Morgan fingerprint density at radius 1 is 1.50 bits per heavy atom. The van der Waals surface area contributed by atoms with Crippen LogP contribution in [0.2, 0.25) is 0 Å². The van der Waals surface area contributed by atoms with E-state index in [4.69, 9.17) is 5.73 Å². The van der Waals surface area contributed by atoms with Crippen LogP contribution in [-0.4, -0.2) is 21.1 Å². The molecule has 1 aliphatic rings. The average molecular weight is 281 g/mol. The smallest absolute Gasteiger partial charge is 0.159 e. The Hall–Kier alpha value is -0.940. The van der Waals surface area contributed by atoms with Gasteiger partial charge in [0.15, 0.2) is 11.5 Å². The Morgan fingerprint density at radius 2 is 2.31 bits per heavy atom. The first-order valence-corrected chi connectivity index (χ1v) is 6.25. The highest BCUT2D eigenvalue weighted by molar-refractivity contribution is 9.10. The fraction of sp³-hybridized carbons (Fsp3) is 0.455. The quantitative estimate of drug-likeness (QED) is 0.914. The molecule has 0 amide bonds. The molecule has 0 spiro atoms. The summed E-state index contributed by atoms with van der Waals surface area (Å²) in [5.41, 5.74) is 6.77. The van der Waals surface area contributed by atoms with E-state index in [1.165, 1.54) is 6.42 Å². The Morgan fingerprint density at radius 3 is 2.94 bits per heavy atom. The average Bonchev–Trinajstić information content (AvgIpc) is 2.60. The molecule has 4 nitrogen and oxygen atoms in total. The number of pyridine rings is 1. The lowest BCUT2D eigenvalue weighted by atomic mass is 9.68. The van der Waals surface area contributed by atoms with Gasteiger partial charge < -0.3 is 5.73 Å². The summed E-state index contributed by atoms with van der Waals surface area (Å²) >= 11 is 3.43. The molecule has 3 rings (SSSR count). The van der Waals surface area contributed by atoms with Crippen LogP contribution in [0.15, 0.2) is 22.8 Å². The van der Waals surface area contributed by atoms with Crippen molar-refractivity contribution in [1.82, 2.24) is 14.6 Å². The van der Waals surface area contributed by atoms with E-state index in [0.29, 0.717) is 6.54 Å². The molecule has 0 aliphatic heterocycles. The zero-order chi connectivity index (χ0) is 11.2. The minimum atomic E-state index is 0.0402. The second-order valence-corrected chi connectivity index (χ2v) is 5.34. The Balaban J connectivity index is 2.11. The third kappa shape index (κ3) is 1.38. The molecule has 0 aromatic carbocycles. The van der Waals surface area contributed by atoms with E-state index < -0.39 is 0 Å². The molecule has 16 heavy (non-hydrogen) atoms. The maximum atomic E-state index is 5.85. The molecule has 0 bridgehead atoms. The van der Waals surface area contributed by atoms with Crippen LogP contribution in [0.3, 0.4) is 0 Å². The normalized spacial score (nSPS) is 18.6. The molecule has 2 N–H and O–H groups in total. The lowest BCUT2D eigenvalue weighted by Crippen LogP contribution is -2.42. The minimum absolute atomic E-state index is 0.0402. The first kappa shape index (κ1) is 10.2. The number of rotatable bonds is 2. The highest BCUT2D eigenvalue weighted by Crippen LogP contribution is 2.41. The molecule has 2 aromatic heterocycles. The molecule has 1 saturated carbocycles. The van der Waals surface area contributed by atoms with Gasteiger partial charge >= 0.3 is 0 Å². The maximum Gasteiger partial charge on any atom is 0.159 e. The van der Waals surface area contributed by atoms with Crippen molar-refractivity contribution in [3.63, 3.8) is 0 Å². The standard InChI is InChI=1S/C11H13BrN4/c12-8-2-5-16-9(6-8)14-10(15-16)11(7-13)3-1-4-11/h2,5-6H,1,3-4,7,13H2. The molecule has 0 atom stereocenters. The number of aromatic nitrogens is 3. The van der Waals surface area contributed by atoms with Gasteiger partial charge in [0.25, 0.3) is 0 Å². The number of hydrogen-bond acceptors (Lipinski definition) is 3. The van der Waals surface area contributed by atoms with Gasteiger partial charge in [0.05, 0.1) is 0 Å². The zero-order valence-corrected chi connectivity index (χ0v) is 10.4. The van der Waals surface area contributed by atoms with Gasteiger partial charge in [0.1, 0.15) is 0 Å². The number of hydrogen-bond donors (Lipinski definition) is 1. The van der Waals surface area contributed by atoms with Crippen LogP contribution in [0, 0.1) is 0 Å². The summed E-state index contributed by atoms with van der Waals surface area (Å²) in [6, 6.07) is 3.93. The summed E-state index contributed by atoms with van der Waals surface area (Å²) in [6.07, 6.45) is 5.37. The molecular weight excluding hydrogens is 268 g/mol. The Kier molecular flexibility index (Phi) is 2.26. The van der Waals surface area contributed by atoms with Crippen molar-refractivity contribution in [3.8, 4) is 0 Å². The Bertz CT molecular complexity index is 524. The third-order valence-corrected chi connectivity index (χ3v) is 3.97. The van der Waals surface area contributed by atoms with Crippen molar-refractivity contribution in [3.05, 3.63) is 28.6 Å². The summed E-state index contributed by atoms with van der Waals surface area (Å²) in [4.78, 5) is 4.58. The van der Waals surface area contributed by atoms with Crippen molar-refractivity contribution >= 4 is 21.6 Å². The first-order valence-electron chi connectivity index (χ1n) is 5.46. The van der Waals surface area contributed by atoms with Crippen LogP contribution < -0.4 is 5.73 Å².